The van der Waals surface area contributed by atoms with Gasteiger partial charge in [-0.1, -0.05) is 37.3 Å². The molecule has 0 saturated heterocycles. The number of pyridine rings is 1. The lowest BCUT2D eigenvalue weighted by atomic mass is 9.88. The van der Waals surface area contributed by atoms with Crippen molar-refractivity contribution in [2.75, 3.05) is 17.0 Å². The number of allylic oxidation sites excluding steroid dienone is 7. The molecular formula is C23H28FN3O3S. The number of amides is 1. The summed E-state index contributed by atoms with van der Waals surface area (Å²) in [7, 11) is -1.41. The van der Waals surface area contributed by atoms with E-state index in [0.29, 0.717) is 22.9 Å². The van der Waals surface area contributed by atoms with Crippen LogP contribution >= 0.6 is 0 Å². The molecule has 166 valence electrons. The van der Waals surface area contributed by atoms with E-state index in [4.69, 9.17) is 0 Å². The summed E-state index contributed by atoms with van der Waals surface area (Å²) < 4.78 is 29.1. The molecule has 1 amide bonds. The van der Waals surface area contributed by atoms with Crippen molar-refractivity contribution in [3.8, 4) is 0 Å². The van der Waals surface area contributed by atoms with E-state index in [0.717, 1.165) is 12.8 Å². The Labute approximate surface area is 184 Å². The van der Waals surface area contributed by atoms with Crippen LogP contribution in [-0.4, -0.2) is 37.7 Å². The molecule has 1 aromatic heterocycles. The third-order valence-electron chi connectivity index (χ3n) is 5.49. The highest BCUT2D eigenvalue weighted by atomic mass is 32.2. The van der Waals surface area contributed by atoms with Crippen LogP contribution in [0.25, 0.3) is 0 Å². The Kier molecular flexibility index (Phi) is 8.31. The zero-order chi connectivity index (χ0) is 22.2. The van der Waals surface area contributed by atoms with Gasteiger partial charge in [0.25, 0.3) is 5.91 Å². The number of nitrogens with one attached hydrogen (secondary N) is 1. The number of anilines is 1. The molecule has 0 aromatic carbocycles. The minimum absolute atomic E-state index is 0.0484. The Hall–Kier alpha value is -2.58. The Morgan fingerprint density at radius 2 is 2.16 bits per heavy atom. The summed E-state index contributed by atoms with van der Waals surface area (Å²) in [5.74, 6) is -0.130. The van der Waals surface area contributed by atoms with E-state index >= 15 is 0 Å². The normalized spacial score (nSPS) is 24.1. The molecule has 3 rings (SSSR count). The average molecular weight is 446 g/mol. The van der Waals surface area contributed by atoms with Crippen LogP contribution in [0.4, 0.5) is 10.1 Å². The first-order chi connectivity index (χ1) is 14.9. The fourth-order valence-electron chi connectivity index (χ4n) is 3.57. The van der Waals surface area contributed by atoms with Gasteiger partial charge in [-0.25, -0.2) is 13.7 Å². The van der Waals surface area contributed by atoms with Crippen LogP contribution in [0.15, 0.2) is 66.7 Å². The van der Waals surface area contributed by atoms with E-state index in [1.807, 2.05) is 24.3 Å². The number of hydroxylamine groups is 2. The molecule has 0 aliphatic heterocycles. The summed E-state index contributed by atoms with van der Waals surface area (Å²) in [5, 5.41) is 10.8. The second kappa shape index (κ2) is 11.2. The number of rotatable bonds is 7. The predicted molar refractivity (Wildman–Crippen MR) is 120 cm³/mol. The van der Waals surface area contributed by atoms with Gasteiger partial charge in [-0.05, 0) is 55.4 Å². The zero-order valence-corrected chi connectivity index (χ0v) is 18.3. The van der Waals surface area contributed by atoms with E-state index in [9.17, 15) is 18.6 Å². The van der Waals surface area contributed by atoms with Crippen LogP contribution in [0.5, 0.6) is 0 Å². The predicted octanol–water partition coefficient (Wildman–Crippen LogP) is 4.58. The second-order valence-corrected chi connectivity index (χ2v) is 9.17. The van der Waals surface area contributed by atoms with Crippen LogP contribution in [0.2, 0.25) is 0 Å². The second-order valence-electron chi connectivity index (χ2n) is 7.94. The summed E-state index contributed by atoms with van der Waals surface area (Å²) in [4.78, 5) is 16.6. The molecule has 1 aromatic rings. The molecule has 6 nitrogen and oxygen atoms in total. The molecule has 2 N–H and O–H groups in total. The van der Waals surface area contributed by atoms with Gasteiger partial charge in [0, 0.05) is 17.9 Å². The van der Waals surface area contributed by atoms with Gasteiger partial charge in [-0.2, -0.15) is 0 Å². The molecule has 31 heavy (non-hydrogen) atoms. The van der Waals surface area contributed by atoms with Crippen molar-refractivity contribution in [1.29, 1.82) is 0 Å². The van der Waals surface area contributed by atoms with E-state index < -0.39 is 16.9 Å². The first kappa shape index (κ1) is 23.1. The van der Waals surface area contributed by atoms with Gasteiger partial charge in [-0.15, -0.1) is 0 Å². The Morgan fingerprint density at radius 1 is 1.32 bits per heavy atom. The maximum atomic E-state index is 13.6. The maximum absolute atomic E-state index is 13.6. The highest BCUT2D eigenvalue weighted by Gasteiger charge is 2.22. The van der Waals surface area contributed by atoms with E-state index in [1.165, 1.54) is 24.4 Å². The number of hydrogen-bond donors (Lipinski definition) is 2. The highest BCUT2D eigenvalue weighted by Crippen LogP contribution is 2.25. The Bertz CT molecular complexity index is 928. The van der Waals surface area contributed by atoms with Crippen LogP contribution in [-0.2, 0) is 11.0 Å². The maximum Gasteiger partial charge on any atom is 0.295 e. The van der Waals surface area contributed by atoms with Crippen LogP contribution in [0, 0.1) is 17.8 Å². The third-order valence-corrected chi connectivity index (χ3v) is 6.69. The summed E-state index contributed by atoms with van der Waals surface area (Å²) in [5.41, 5.74) is 0.542. The van der Waals surface area contributed by atoms with Crippen molar-refractivity contribution in [2.45, 2.75) is 26.2 Å². The summed E-state index contributed by atoms with van der Waals surface area (Å²) in [6, 6.07) is 3.10. The molecule has 4 atom stereocenters. The number of carbonyl (C=O) groups excluding carboxylic acids is 1. The van der Waals surface area contributed by atoms with Gasteiger partial charge >= 0.3 is 0 Å². The van der Waals surface area contributed by atoms with Gasteiger partial charge in [0.1, 0.15) is 22.5 Å². The molecule has 2 aliphatic rings. The molecule has 0 saturated carbocycles. The number of hydrogen-bond acceptors (Lipinski definition) is 4. The number of carbonyl (C=O) groups is 1. The number of nitrogens with zero attached hydrogens (tertiary/aromatic N) is 2. The van der Waals surface area contributed by atoms with Crippen molar-refractivity contribution in [3.63, 3.8) is 0 Å². The van der Waals surface area contributed by atoms with E-state index in [-0.39, 0.29) is 35.8 Å². The monoisotopic (exact) mass is 445 g/mol. The number of aromatic nitrogens is 1. The Balaban J connectivity index is 1.58. The smallest absolute Gasteiger partial charge is 0.295 e. The van der Waals surface area contributed by atoms with Crippen molar-refractivity contribution in [2.24, 2.45) is 17.8 Å². The molecular weight excluding hydrogens is 417 g/mol. The standard InChI is InChI=1S/C23H28FN3O3S/c1-17-6-5-9-20(24)11-10-19(17)16-31(30)26-21-12-13-25-22(14-21)23(28)27(29)15-18-7-3-2-4-8-18/h2-5,7,9,11-14,17-19,29H,6,8,10,15-16H2,1H3,(H,25,26). The Morgan fingerprint density at radius 3 is 2.94 bits per heavy atom. The fourth-order valence-corrected chi connectivity index (χ4v) is 4.89. The third kappa shape index (κ3) is 6.97. The van der Waals surface area contributed by atoms with Crippen molar-refractivity contribution in [3.05, 3.63) is 72.4 Å². The molecule has 0 spiro atoms. The first-order valence-corrected chi connectivity index (χ1v) is 11.7. The average Bonchev–Trinajstić information content (AvgIpc) is 2.76. The minimum Gasteiger partial charge on any atom is -0.305 e. The lowest BCUT2D eigenvalue weighted by Gasteiger charge is -2.23. The zero-order valence-electron chi connectivity index (χ0n) is 17.5. The van der Waals surface area contributed by atoms with Crippen LogP contribution in [0.3, 0.4) is 0 Å². The number of halogens is 1. The topological polar surface area (TPSA) is 82.5 Å². The SMILES string of the molecule is CC1CC=CC(F)=CCC1CS(=O)Nc1ccnc(C(=O)N(O)CC2C=CC=CC2)c1. The first-order valence-electron chi connectivity index (χ1n) is 10.4. The molecule has 1 heterocycles. The van der Waals surface area contributed by atoms with Gasteiger partial charge in [-0.3, -0.25) is 15.0 Å². The van der Waals surface area contributed by atoms with E-state index in [1.54, 1.807) is 12.1 Å². The van der Waals surface area contributed by atoms with Gasteiger partial charge < -0.3 is 4.72 Å². The lowest BCUT2D eigenvalue weighted by Crippen LogP contribution is -2.32. The fraction of sp³-hybridized carbons (Fsp3) is 0.391. The molecule has 0 fully saturated rings. The molecule has 4 unspecified atom stereocenters. The van der Waals surface area contributed by atoms with Crippen molar-refractivity contribution >= 4 is 22.6 Å². The molecule has 0 bridgehead atoms. The van der Waals surface area contributed by atoms with Gasteiger partial charge in [0.05, 0.1) is 12.2 Å². The molecule has 8 heteroatoms. The summed E-state index contributed by atoms with van der Waals surface area (Å²) in [6.45, 7) is 2.24. The van der Waals surface area contributed by atoms with Crippen molar-refractivity contribution < 1.29 is 18.6 Å². The summed E-state index contributed by atoms with van der Waals surface area (Å²) >= 11 is 0. The molecule has 2 aliphatic carbocycles. The largest absolute Gasteiger partial charge is 0.305 e. The van der Waals surface area contributed by atoms with Crippen LogP contribution in [0.1, 0.15) is 36.7 Å². The van der Waals surface area contributed by atoms with Gasteiger partial charge in [0.2, 0.25) is 0 Å². The molecule has 0 radical (unpaired) electrons. The van der Waals surface area contributed by atoms with Crippen molar-refractivity contribution in [1.82, 2.24) is 10.0 Å². The summed E-state index contributed by atoms with van der Waals surface area (Å²) in [6.07, 6.45) is 16.0. The van der Waals surface area contributed by atoms with E-state index in [2.05, 4.69) is 16.6 Å². The van der Waals surface area contributed by atoms with Crippen LogP contribution < -0.4 is 4.72 Å². The minimum atomic E-state index is -1.41. The lowest BCUT2D eigenvalue weighted by molar-refractivity contribution is -0.0643. The van der Waals surface area contributed by atoms with Gasteiger partial charge in [0.15, 0.2) is 0 Å². The highest BCUT2D eigenvalue weighted by molar-refractivity contribution is 7.86. The quantitative estimate of drug-likeness (QED) is 0.476.